The van der Waals surface area contributed by atoms with E-state index in [1.54, 1.807) is 13.0 Å². The van der Waals surface area contributed by atoms with Crippen LogP contribution in [0.3, 0.4) is 0 Å². The molecule has 0 aliphatic heterocycles. The lowest BCUT2D eigenvalue weighted by atomic mass is 10.1. The largest absolute Gasteiger partial charge is 0.378 e. The molecule has 1 rings (SSSR count). The number of carbonyl (C=O) groups is 1. The Labute approximate surface area is 127 Å². The molecule has 2 heteroatoms. The highest BCUT2D eigenvalue weighted by atomic mass is 16.1. The third-order valence-corrected chi connectivity index (χ3v) is 2.96. The summed E-state index contributed by atoms with van der Waals surface area (Å²) in [5.74, 6) is 0. The van der Waals surface area contributed by atoms with Gasteiger partial charge in [-0.25, -0.2) is 0 Å². The summed E-state index contributed by atoms with van der Waals surface area (Å²) < 4.78 is 0. The van der Waals surface area contributed by atoms with E-state index < -0.39 is 0 Å². The summed E-state index contributed by atoms with van der Waals surface area (Å²) in [7, 11) is 4.07. The fourth-order valence-corrected chi connectivity index (χ4v) is 1.62. The minimum Gasteiger partial charge on any atom is -0.378 e. The molecule has 0 aliphatic carbocycles. The third kappa shape index (κ3) is 6.57. The Balaban J connectivity index is 2.64. The van der Waals surface area contributed by atoms with Gasteiger partial charge in [0.05, 0.1) is 0 Å². The van der Waals surface area contributed by atoms with Crippen molar-refractivity contribution in [2.45, 2.75) is 13.8 Å². The van der Waals surface area contributed by atoms with Gasteiger partial charge in [0.1, 0.15) is 6.29 Å². The minimum absolute atomic E-state index is 0.717. The maximum absolute atomic E-state index is 10.4. The van der Waals surface area contributed by atoms with Crippen molar-refractivity contribution >= 4 is 18.0 Å². The van der Waals surface area contributed by atoms with Gasteiger partial charge in [-0.3, -0.25) is 4.79 Å². The zero-order chi connectivity index (χ0) is 15.7. The number of benzene rings is 1. The predicted octanol–water partition coefficient (Wildman–Crippen LogP) is 4.41. The lowest BCUT2D eigenvalue weighted by molar-refractivity contribution is -0.104. The van der Waals surface area contributed by atoms with Crippen LogP contribution in [0.15, 0.2) is 65.8 Å². The van der Waals surface area contributed by atoms with Crippen molar-refractivity contribution in [1.29, 1.82) is 0 Å². The summed E-state index contributed by atoms with van der Waals surface area (Å²) in [5.41, 5.74) is 4.24. The van der Waals surface area contributed by atoms with Gasteiger partial charge in [0.15, 0.2) is 0 Å². The SMILES string of the molecule is C/C(C=O)=C/C=C/C=C(C)/C=C/c1ccc(N(C)C)cc1. The van der Waals surface area contributed by atoms with Crippen LogP contribution in [0.4, 0.5) is 5.69 Å². The fourth-order valence-electron chi connectivity index (χ4n) is 1.62. The molecule has 0 saturated carbocycles. The van der Waals surface area contributed by atoms with Crippen molar-refractivity contribution in [3.63, 3.8) is 0 Å². The Morgan fingerprint density at radius 2 is 1.52 bits per heavy atom. The number of hydrogen-bond donors (Lipinski definition) is 0. The first-order chi connectivity index (χ1) is 10.0. The van der Waals surface area contributed by atoms with E-state index in [4.69, 9.17) is 0 Å². The summed E-state index contributed by atoms with van der Waals surface area (Å²) >= 11 is 0. The van der Waals surface area contributed by atoms with Gasteiger partial charge in [-0.15, -0.1) is 0 Å². The van der Waals surface area contributed by atoms with E-state index in [0.717, 1.165) is 11.9 Å². The molecular formula is C19H23NO. The number of nitrogens with zero attached hydrogens (tertiary/aromatic N) is 1. The summed E-state index contributed by atoms with van der Waals surface area (Å²) in [6.07, 6.45) is 12.6. The Bertz CT molecular complexity index is 572. The second kappa shape index (κ2) is 8.75. The lowest BCUT2D eigenvalue weighted by Crippen LogP contribution is -2.07. The molecule has 0 saturated heterocycles. The number of carbonyl (C=O) groups excluding carboxylic acids is 1. The van der Waals surface area contributed by atoms with Crippen LogP contribution in [0.25, 0.3) is 6.08 Å². The van der Waals surface area contributed by atoms with E-state index in [-0.39, 0.29) is 0 Å². The molecule has 0 spiro atoms. The molecule has 21 heavy (non-hydrogen) atoms. The fraction of sp³-hybridized carbons (Fsp3) is 0.211. The molecule has 1 aromatic rings. The maximum Gasteiger partial charge on any atom is 0.145 e. The molecule has 0 atom stereocenters. The highest BCUT2D eigenvalue weighted by Crippen LogP contribution is 2.13. The molecule has 110 valence electrons. The van der Waals surface area contributed by atoms with E-state index in [1.165, 1.54) is 11.3 Å². The molecule has 0 N–H and O–H groups in total. The number of rotatable bonds is 6. The summed E-state index contributed by atoms with van der Waals surface area (Å²) in [4.78, 5) is 12.5. The van der Waals surface area contributed by atoms with Gasteiger partial charge < -0.3 is 4.90 Å². The van der Waals surface area contributed by atoms with Gasteiger partial charge >= 0.3 is 0 Å². The van der Waals surface area contributed by atoms with Crippen molar-refractivity contribution in [2.75, 3.05) is 19.0 Å². The predicted molar refractivity (Wildman–Crippen MR) is 92.5 cm³/mol. The van der Waals surface area contributed by atoms with Crippen molar-refractivity contribution in [3.8, 4) is 0 Å². The zero-order valence-corrected chi connectivity index (χ0v) is 13.2. The normalized spacial score (nSPS) is 13.1. The molecule has 0 radical (unpaired) electrons. The summed E-state index contributed by atoms with van der Waals surface area (Å²) in [6, 6.07) is 8.41. The number of anilines is 1. The molecule has 0 heterocycles. The van der Waals surface area contributed by atoms with Crippen LogP contribution in [0.1, 0.15) is 19.4 Å². The Morgan fingerprint density at radius 3 is 2.05 bits per heavy atom. The average Bonchev–Trinajstić information content (AvgIpc) is 2.49. The van der Waals surface area contributed by atoms with Gasteiger partial charge in [-0.2, -0.15) is 0 Å². The molecule has 1 aromatic carbocycles. The van der Waals surface area contributed by atoms with Crippen molar-refractivity contribution in [3.05, 3.63) is 71.4 Å². The van der Waals surface area contributed by atoms with Crippen molar-refractivity contribution in [1.82, 2.24) is 0 Å². The summed E-state index contributed by atoms with van der Waals surface area (Å²) in [6.45, 7) is 3.83. The number of hydrogen-bond acceptors (Lipinski definition) is 2. The van der Waals surface area contributed by atoms with Crippen LogP contribution >= 0.6 is 0 Å². The molecule has 0 aromatic heterocycles. The van der Waals surface area contributed by atoms with Crippen LogP contribution in [0.5, 0.6) is 0 Å². The lowest BCUT2D eigenvalue weighted by Gasteiger charge is -2.11. The van der Waals surface area contributed by atoms with E-state index in [1.807, 2.05) is 39.2 Å². The first-order valence-electron chi connectivity index (χ1n) is 6.95. The first-order valence-corrected chi connectivity index (χ1v) is 6.95. The molecule has 0 fully saturated rings. The van der Waals surface area contributed by atoms with Crippen molar-refractivity contribution in [2.24, 2.45) is 0 Å². The van der Waals surface area contributed by atoms with Crippen molar-refractivity contribution < 1.29 is 4.79 Å². The molecule has 0 unspecified atom stereocenters. The van der Waals surface area contributed by atoms with E-state index in [2.05, 4.69) is 41.3 Å². The second-order valence-electron chi connectivity index (χ2n) is 5.14. The standard InChI is InChI=1S/C19H23NO/c1-16(7-5-6-8-17(2)15-21)9-10-18-11-13-19(14-12-18)20(3)4/h5-15H,1-4H3/b6-5+,10-9+,16-7+,17-8-. The van der Waals surface area contributed by atoms with Crippen LogP contribution in [0.2, 0.25) is 0 Å². The first kappa shape index (κ1) is 16.7. The number of allylic oxidation sites excluding steroid dienone is 7. The van der Waals surface area contributed by atoms with Crippen LogP contribution in [-0.2, 0) is 4.79 Å². The number of aldehydes is 1. The smallest absolute Gasteiger partial charge is 0.145 e. The van der Waals surface area contributed by atoms with Crippen LogP contribution in [-0.4, -0.2) is 20.4 Å². The van der Waals surface area contributed by atoms with Gasteiger partial charge in [-0.05, 0) is 37.1 Å². The minimum atomic E-state index is 0.717. The third-order valence-electron chi connectivity index (χ3n) is 2.96. The maximum atomic E-state index is 10.4. The topological polar surface area (TPSA) is 20.3 Å². The van der Waals surface area contributed by atoms with Crippen LogP contribution in [0, 0.1) is 0 Å². The highest BCUT2D eigenvalue weighted by molar-refractivity contribution is 5.72. The molecule has 0 aliphatic rings. The Kier molecular flexibility index (Phi) is 6.96. The van der Waals surface area contributed by atoms with Gasteiger partial charge in [0.2, 0.25) is 0 Å². The Hall–Kier alpha value is -2.35. The van der Waals surface area contributed by atoms with E-state index in [0.29, 0.717) is 5.57 Å². The molecule has 0 bridgehead atoms. The second-order valence-corrected chi connectivity index (χ2v) is 5.14. The summed E-state index contributed by atoms with van der Waals surface area (Å²) in [5, 5.41) is 0. The van der Waals surface area contributed by atoms with E-state index >= 15 is 0 Å². The monoisotopic (exact) mass is 281 g/mol. The van der Waals surface area contributed by atoms with Gasteiger partial charge in [0.25, 0.3) is 0 Å². The highest BCUT2D eigenvalue weighted by Gasteiger charge is 1.93. The van der Waals surface area contributed by atoms with Crippen LogP contribution < -0.4 is 4.90 Å². The zero-order valence-electron chi connectivity index (χ0n) is 13.2. The average molecular weight is 281 g/mol. The molecule has 0 amide bonds. The van der Waals surface area contributed by atoms with Gasteiger partial charge in [-0.1, -0.05) is 54.2 Å². The molecule has 2 nitrogen and oxygen atoms in total. The quantitative estimate of drug-likeness (QED) is 0.437. The Morgan fingerprint density at radius 1 is 0.952 bits per heavy atom. The van der Waals surface area contributed by atoms with Gasteiger partial charge in [0, 0.05) is 19.8 Å². The van der Waals surface area contributed by atoms with E-state index in [9.17, 15) is 4.79 Å². The molecular weight excluding hydrogens is 258 g/mol.